The maximum atomic E-state index is 11.9. The molecule has 0 fully saturated rings. The molecular weight excluding hydrogens is 260 g/mol. The molecule has 0 bridgehead atoms. The van der Waals surface area contributed by atoms with E-state index in [1.807, 2.05) is 13.8 Å². The van der Waals surface area contributed by atoms with Gasteiger partial charge in [0.15, 0.2) is 11.5 Å². The Morgan fingerprint density at radius 1 is 1.15 bits per heavy atom. The summed E-state index contributed by atoms with van der Waals surface area (Å²) in [5, 5.41) is 5.47. The molecule has 1 aliphatic rings. The monoisotopic (exact) mass is 278 g/mol. The van der Waals surface area contributed by atoms with Gasteiger partial charge in [0.1, 0.15) is 0 Å². The molecule has 2 N–H and O–H groups in total. The third-order valence-corrected chi connectivity index (χ3v) is 2.87. The van der Waals surface area contributed by atoms with Crippen molar-refractivity contribution >= 4 is 11.8 Å². The molecule has 1 aromatic rings. The number of carbonyl (C=O) groups excluding carboxylic acids is 2. The van der Waals surface area contributed by atoms with Crippen molar-refractivity contribution in [3.63, 3.8) is 0 Å². The first-order valence-corrected chi connectivity index (χ1v) is 6.53. The van der Waals surface area contributed by atoms with Gasteiger partial charge in [0.2, 0.25) is 12.7 Å². The summed E-state index contributed by atoms with van der Waals surface area (Å²) in [5.41, 5.74) is 0.504. The molecular formula is C14H18N2O4. The highest BCUT2D eigenvalue weighted by Crippen LogP contribution is 2.32. The van der Waals surface area contributed by atoms with Gasteiger partial charge in [0.25, 0.3) is 5.91 Å². The highest BCUT2D eigenvalue weighted by Gasteiger charge is 2.16. The topological polar surface area (TPSA) is 76.7 Å². The lowest BCUT2D eigenvalue weighted by Crippen LogP contribution is -2.36. The van der Waals surface area contributed by atoms with Crippen LogP contribution in [0.4, 0.5) is 0 Å². The number of rotatable bonds is 5. The minimum atomic E-state index is -0.206. The molecule has 1 heterocycles. The molecule has 0 radical (unpaired) electrons. The van der Waals surface area contributed by atoms with Gasteiger partial charge < -0.3 is 20.1 Å². The zero-order chi connectivity index (χ0) is 14.5. The fourth-order valence-electron chi connectivity index (χ4n) is 1.71. The molecule has 0 aromatic heterocycles. The molecule has 0 saturated heterocycles. The van der Waals surface area contributed by atoms with Crippen LogP contribution in [0.1, 0.15) is 24.2 Å². The molecule has 6 heteroatoms. The van der Waals surface area contributed by atoms with Gasteiger partial charge in [0, 0.05) is 24.6 Å². The Labute approximate surface area is 117 Å². The highest BCUT2D eigenvalue weighted by molar-refractivity contribution is 5.94. The number of ether oxygens (including phenoxy) is 2. The van der Waals surface area contributed by atoms with Crippen LogP contribution in [0.2, 0.25) is 0 Å². The van der Waals surface area contributed by atoms with Gasteiger partial charge in [-0.05, 0) is 18.2 Å². The van der Waals surface area contributed by atoms with Gasteiger partial charge in [-0.2, -0.15) is 0 Å². The van der Waals surface area contributed by atoms with Crippen LogP contribution in [0.5, 0.6) is 11.5 Å². The van der Waals surface area contributed by atoms with Crippen molar-refractivity contribution in [1.29, 1.82) is 0 Å². The Morgan fingerprint density at radius 2 is 1.85 bits per heavy atom. The molecule has 108 valence electrons. The SMILES string of the molecule is CC(C)C(=O)NCCNC(=O)c1ccc2c(c1)OCO2. The average molecular weight is 278 g/mol. The van der Waals surface area contributed by atoms with Crippen molar-refractivity contribution in [1.82, 2.24) is 10.6 Å². The maximum Gasteiger partial charge on any atom is 0.251 e. The highest BCUT2D eigenvalue weighted by atomic mass is 16.7. The molecule has 0 atom stereocenters. The van der Waals surface area contributed by atoms with E-state index in [4.69, 9.17) is 9.47 Å². The van der Waals surface area contributed by atoms with E-state index in [1.165, 1.54) is 0 Å². The van der Waals surface area contributed by atoms with Crippen LogP contribution in [-0.4, -0.2) is 31.7 Å². The van der Waals surface area contributed by atoms with E-state index in [9.17, 15) is 9.59 Å². The number of amides is 2. The van der Waals surface area contributed by atoms with Crippen LogP contribution < -0.4 is 20.1 Å². The maximum absolute atomic E-state index is 11.9. The predicted octanol–water partition coefficient (Wildman–Crippen LogP) is 0.917. The number of fused-ring (bicyclic) bond motifs is 1. The quantitative estimate of drug-likeness (QED) is 0.785. The van der Waals surface area contributed by atoms with Crippen LogP contribution >= 0.6 is 0 Å². The third kappa shape index (κ3) is 3.40. The summed E-state index contributed by atoms with van der Waals surface area (Å²) >= 11 is 0. The third-order valence-electron chi connectivity index (χ3n) is 2.87. The van der Waals surface area contributed by atoms with E-state index in [-0.39, 0.29) is 24.5 Å². The first-order valence-electron chi connectivity index (χ1n) is 6.53. The van der Waals surface area contributed by atoms with E-state index in [1.54, 1.807) is 18.2 Å². The first kappa shape index (κ1) is 14.2. The molecule has 0 unspecified atom stereocenters. The van der Waals surface area contributed by atoms with Crippen LogP contribution in [0.15, 0.2) is 18.2 Å². The summed E-state index contributed by atoms with van der Waals surface area (Å²) in [6.07, 6.45) is 0. The molecule has 6 nitrogen and oxygen atoms in total. The normalized spacial score (nSPS) is 12.3. The predicted molar refractivity (Wildman–Crippen MR) is 72.7 cm³/mol. The van der Waals surface area contributed by atoms with Gasteiger partial charge >= 0.3 is 0 Å². The lowest BCUT2D eigenvalue weighted by atomic mass is 10.2. The number of nitrogens with one attached hydrogen (secondary N) is 2. The Hall–Kier alpha value is -2.24. The Bertz CT molecular complexity index is 514. The number of hydrogen-bond acceptors (Lipinski definition) is 4. The second-order valence-electron chi connectivity index (χ2n) is 4.77. The summed E-state index contributed by atoms with van der Waals surface area (Å²) < 4.78 is 10.4. The van der Waals surface area contributed by atoms with Crippen molar-refractivity contribution in [2.75, 3.05) is 19.9 Å². The van der Waals surface area contributed by atoms with Gasteiger partial charge in [-0.15, -0.1) is 0 Å². The van der Waals surface area contributed by atoms with Gasteiger partial charge in [0.05, 0.1) is 0 Å². The molecule has 20 heavy (non-hydrogen) atoms. The summed E-state index contributed by atoms with van der Waals surface area (Å²) in [6, 6.07) is 5.03. The van der Waals surface area contributed by atoms with E-state index in [2.05, 4.69) is 10.6 Å². The van der Waals surface area contributed by atoms with Crippen molar-refractivity contribution in [3.05, 3.63) is 23.8 Å². The average Bonchev–Trinajstić information content (AvgIpc) is 2.90. The van der Waals surface area contributed by atoms with Crippen molar-refractivity contribution in [2.45, 2.75) is 13.8 Å². The second kappa shape index (κ2) is 6.27. The second-order valence-corrected chi connectivity index (χ2v) is 4.77. The fourth-order valence-corrected chi connectivity index (χ4v) is 1.71. The number of benzene rings is 1. The molecule has 1 aliphatic heterocycles. The Balaban J connectivity index is 1.79. The number of hydrogen-bond donors (Lipinski definition) is 2. The van der Waals surface area contributed by atoms with Crippen LogP contribution in [0.25, 0.3) is 0 Å². The van der Waals surface area contributed by atoms with Crippen molar-refractivity contribution in [3.8, 4) is 11.5 Å². The van der Waals surface area contributed by atoms with Crippen molar-refractivity contribution < 1.29 is 19.1 Å². The van der Waals surface area contributed by atoms with E-state index in [0.29, 0.717) is 30.2 Å². The largest absolute Gasteiger partial charge is 0.454 e. The van der Waals surface area contributed by atoms with Crippen LogP contribution in [-0.2, 0) is 4.79 Å². The van der Waals surface area contributed by atoms with E-state index < -0.39 is 0 Å². The van der Waals surface area contributed by atoms with Gasteiger partial charge in [-0.1, -0.05) is 13.8 Å². The zero-order valence-corrected chi connectivity index (χ0v) is 11.6. The minimum Gasteiger partial charge on any atom is -0.454 e. The molecule has 1 aromatic carbocycles. The van der Waals surface area contributed by atoms with Crippen LogP contribution in [0.3, 0.4) is 0 Å². The molecule has 2 amide bonds. The van der Waals surface area contributed by atoms with E-state index in [0.717, 1.165) is 0 Å². The summed E-state index contributed by atoms with van der Waals surface area (Å²) in [5.74, 6) is 0.931. The lowest BCUT2D eigenvalue weighted by Gasteiger charge is -2.09. The summed E-state index contributed by atoms with van der Waals surface area (Å²) in [7, 11) is 0. The summed E-state index contributed by atoms with van der Waals surface area (Å²) in [4.78, 5) is 23.2. The van der Waals surface area contributed by atoms with Gasteiger partial charge in [-0.3, -0.25) is 9.59 Å². The zero-order valence-electron chi connectivity index (χ0n) is 11.6. The standard InChI is InChI=1S/C14H18N2O4/c1-9(2)13(17)15-5-6-16-14(18)10-3-4-11-12(7-10)20-8-19-11/h3-4,7,9H,5-6,8H2,1-2H3,(H,15,17)(H,16,18). The Kier molecular flexibility index (Phi) is 4.45. The number of carbonyl (C=O) groups is 2. The summed E-state index contributed by atoms with van der Waals surface area (Å²) in [6.45, 7) is 4.61. The first-order chi connectivity index (χ1) is 9.58. The minimum absolute atomic E-state index is 0.0256. The van der Waals surface area contributed by atoms with Crippen LogP contribution in [0, 0.1) is 5.92 Å². The molecule has 2 rings (SSSR count). The molecule has 0 aliphatic carbocycles. The molecule has 0 spiro atoms. The van der Waals surface area contributed by atoms with E-state index >= 15 is 0 Å². The fraction of sp³-hybridized carbons (Fsp3) is 0.429. The van der Waals surface area contributed by atoms with Gasteiger partial charge in [-0.25, -0.2) is 0 Å². The van der Waals surface area contributed by atoms with Crippen molar-refractivity contribution in [2.24, 2.45) is 5.92 Å². The lowest BCUT2D eigenvalue weighted by molar-refractivity contribution is -0.123. The Morgan fingerprint density at radius 3 is 2.60 bits per heavy atom. The smallest absolute Gasteiger partial charge is 0.251 e. The molecule has 0 saturated carbocycles.